The summed E-state index contributed by atoms with van der Waals surface area (Å²) in [7, 11) is 1.80. The van der Waals surface area contributed by atoms with Gasteiger partial charge in [0.1, 0.15) is 5.82 Å². The molecule has 1 aliphatic rings. The number of aliphatic hydroxyl groups is 1. The second kappa shape index (κ2) is 6.02. The molecule has 5 nitrogen and oxygen atoms in total. The molecule has 0 aliphatic carbocycles. The highest BCUT2D eigenvalue weighted by molar-refractivity contribution is 5.95. The third-order valence-electron chi connectivity index (χ3n) is 4.07. The Morgan fingerprint density at radius 3 is 2.52 bits per heavy atom. The molecule has 0 spiro atoms. The number of hydrogen-bond acceptors (Lipinski definition) is 4. The smallest absolute Gasteiger partial charge is 0.254 e. The van der Waals surface area contributed by atoms with Gasteiger partial charge in [-0.05, 0) is 37.8 Å². The van der Waals surface area contributed by atoms with Gasteiger partial charge < -0.3 is 15.3 Å². The second-order valence-electron chi connectivity index (χ2n) is 6.36. The van der Waals surface area contributed by atoms with Crippen LogP contribution in [0.3, 0.4) is 0 Å². The summed E-state index contributed by atoms with van der Waals surface area (Å²) < 4.78 is 0. The van der Waals surface area contributed by atoms with E-state index in [0.717, 1.165) is 5.69 Å². The molecular formula is C16H25N3O2. The number of nitrogens with zero attached hydrogens (tertiary/aromatic N) is 2. The minimum atomic E-state index is -0.645. The van der Waals surface area contributed by atoms with Gasteiger partial charge in [-0.1, -0.05) is 13.8 Å². The maximum Gasteiger partial charge on any atom is 0.254 e. The Kier molecular flexibility index (Phi) is 4.52. The first-order valence-corrected chi connectivity index (χ1v) is 7.54. The van der Waals surface area contributed by atoms with E-state index in [0.29, 0.717) is 37.3 Å². The molecule has 0 atom stereocenters. The lowest BCUT2D eigenvalue weighted by atomic mass is 9.93. The van der Waals surface area contributed by atoms with Crippen LogP contribution in [0.5, 0.6) is 0 Å². The third kappa shape index (κ3) is 3.73. The van der Waals surface area contributed by atoms with Gasteiger partial charge in [0.2, 0.25) is 0 Å². The van der Waals surface area contributed by atoms with E-state index in [1.54, 1.807) is 13.1 Å². The Bertz CT molecular complexity index is 516. The van der Waals surface area contributed by atoms with Gasteiger partial charge in [-0.3, -0.25) is 4.79 Å². The van der Waals surface area contributed by atoms with Crippen LogP contribution in [0.2, 0.25) is 0 Å². The van der Waals surface area contributed by atoms with Crippen LogP contribution in [-0.4, -0.2) is 46.6 Å². The lowest BCUT2D eigenvalue weighted by Gasteiger charge is -2.35. The molecule has 5 heteroatoms. The monoisotopic (exact) mass is 291 g/mol. The number of likely N-dealkylation sites (tertiary alicyclic amines) is 1. The molecule has 2 rings (SSSR count). The molecule has 1 aliphatic heterocycles. The van der Waals surface area contributed by atoms with E-state index >= 15 is 0 Å². The van der Waals surface area contributed by atoms with Crippen LogP contribution in [0.1, 0.15) is 55.6 Å². The Labute approximate surface area is 126 Å². The largest absolute Gasteiger partial charge is 0.390 e. The van der Waals surface area contributed by atoms with E-state index in [1.807, 2.05) is 17.9 Å². The fraction of sp³-hybridized carbons (Fsp3) is 0.625. The molecule has 116 valence electrons. The molecular weight excluding hydrogens is 266 g/mol. The van der Waals surface area contributed by atoms with E-state index in [1.165, 1.54) is 0 Å². The van der Waals surface area contributed by atoms with Crippen LogP contribution < -0.4 is 5.32 Å². The molecule has 1 saturated heterocycles. The van der Waals surface area contributed by atoms with Crippen molar-refractivity contribution >= 4 is 11.7 Å². The SMILES string of the molecule is CNc1cc(C(=O)N2CCC(C)(O)CC2)cc(C(C)C)n1. The lowest BCUT2D eigenvalue weighted by molar-refractivity contribution is -0.00203. The number of carbonyl (C=O) groups excluding carboxylic acids is 1. The number of nitrogens with one attached hydrogen (secondary N) is 1. The van der Waals surface area contributed by atoms with Crippen LogP contribution in [0.15, 0.2) is 12.1 Å². The van der Waals surface area contributed by atoms with Crippen LogP contribution in [0.25, 0.3) is 0 Å². The molecule has 1 fully saturated rings. The van der Waals surface area contributed by atoms with Crippen molar-refractivity contribution in [3.8, 4) is 0 Å². The molecule has 0 saturated carbocycles. The van der Waals surface area contributed by atoms with Crippen molar-refractivity contribution in [2.75, 3.05) is 25.5 Å². The fourth-order valence-electron chi connectivity index (χ4n) is 2.47. The first-order valence-electron chi connectivity index (χ1n) is 7.54. The maximum absolute atomic E-state index is 12.6. The van der Waals surface area contributed by atoms with Crippen molar-refractivity contribution in [2.24, 2.45) is 0 Å². The Balaban J connectivity index is 2.21. The van der Waals surface area contributed by atoms with Gasteiger partial charge >= 0.3 is 0 Å². The number of hydrogen-bond donors (Lipinski definition) is 2. The standard InChI is InChI=1S/C16H25N3O2/c1-11(2)13-9-12(10-14(17-4)18-13)15(20)19-7-5-16(3,21)6-8-19/h9-11,21H,5-8H2,1-4H3,(H,17,18). The fourth-order valence-corrected chi connectivity index (χ4v) is 2.47. The van der Waals surface area contributed by atoms with Gasteiger partial charge in [-0.15, -0.1) is 0 Å². The zero-order valence-electron chi connectivity index (χ0n) is 13.3. The molecule has 1 aromatic rings. The van der Waals surface area contributed by atoms with Gasteiger partial charge in [0, 0.05) is 31.4 Å². The van der Waals surface area contributed by atoms with Crippen LogP contribution in [-0.2, 0) is 0 Å². The number of carbonyl (C=O) groups is 1. The van der Waals surface area contributed by atoms with Gasteiger partial charge in [0.15, 0.2) is 0 Å². The highest BCUT2D eigenvalue weighted by atomic mass is 16.3. The highest BCUT2D eigenvalue weighted by Gasteiger charge is 2.30. The summed E-state index contributed by atoms with van der Waals surface area (Å²) in [5.41, 5.74) is 0.933. The quantitative estimate of drug-likeness (QED) is 0.896. The van der Waals surface area contributed by atoms with E-state index in [4.69, 9.17) is 0 Å². The molecule has 2 heterocycles. The summed E-state index contributed by atoms with van der Waals surface area (Å²) in [5.74, 6) is 1.01. The Hall–Kier alpha value is -1.62. The van der Waals surface area contributed by atoms with E-state index in [2.05, 4.69) is 24.1 Å². The maximum atomic E-state index is 12.6. The first kappa shape index (κ1) is 15.8. The molecule has 0 radical (unpaired) electrons. The average Bonchev–Trinajstić information content (AvgIpc) is 2.46. The van der Waals surface area contributed by atoms with E-state index in [9.17, 15) is 9.90 Å². The molecule has 1 amide bonds. The molecule has 0 unspecified atom stereocenters. The van der Waals surface area contributed by atoms with Crippen LogP contribution >= 0.6 is 0 Å². The number of aromatic nitrogens is 1. The summed E-state index contributed by atoms with van der Waals surface area (Å²) in [5, 5.41) is 13.0. The summed E-state index contributed by atoms with van der Waals surface area (Å²) in [6, 6.07) is 3.67. The molecule has 1 aromatic heterocycles. The Morgan fingerprint density at radius 1 is 1.38 bits per heavy atom. The number of anilines is 1. The molecule has 0 bridgehead atoms. The van der Waals surface area contributed by atoms with Crippen molar-refractivity contribution < 1.29 is 9.90 Å². The number of pyridine rings is 1. The predicted octanol–water partition coefficient (Wildman–Crippen LogP) is 2.23. The summed E-state index contributed by atoms with van der Waals surface area (Å²) in [4.78, 5) is 18.9. The number of amides is 1. The minimum absolute atomic E-state index is 0.0197. The zero-order valence-corrected chi connectivity index (χ0v) is 13.3. The summed E-state index contributed by atoms with van der Waals surface area (Å²) in [6.07, 6.45) is 1.25. The van der Waals surface area contributed by atoms with E-state index in [-0.39, 0.29) is 11.8 Å². The molecule has 2 N–H and O–H groups in total. The predicted molar refractivity (Wildman–Crippen MR) is 83.6 cm³/mol. The second-order valence-corrected chi connectivity index (χ2v) is 6.36. The number of piperidine rings is 1. The molecule has 21 heavy (non-hydrogen) atoms. The Morgan fingerprint density at radius 2 is 2.00 bits per heavy atom. The minimum Gasteiger partial charge on any atom is -0.390 e. The normalized spacial score (nSPS) is 17.9. The van der Waals surface area contributed by atoms with Crippen molar-refractivity contribution in [1.29, 1.82) is 0 Å². The zero-order chi connectivity index (χ0) is 15.6. The number of rotatable bonds is 3. The van der Waals surface area contributed by atoms with Crippen molar-refractivity contribution in [3.05, 3.63) is 23.4 Å². The average molecular weight is 291 g/mol. The van der Waals surface area contributed by atoms with Crippen LogP contribution in [0, 0.1) is 0 Å². The summed E-state index contributed by atoms with van der Waals surface area (Å²) >= 11 is 0. The topological polar surface area (TPSA) is 65.5 Å². The molecule has 0 aromatic carbocycles. The van der Waals surface area contributed by atoms with Gasteiger partial charge in [0.25, 0.3) is 5.91 Å². The summed E-state index contributed by atoms with van der Waals surface area (Å²) in [6.45, 7) is 7.15. The first-order chi connectivity index (χ1) is 9.82. The highest BCUT2D eigenvalue weighted by Crippen LogP contribution is 2.24. The van der Waals surface area contributed by atoms with Crippen LogP contribution in [0.4, 0.5) is 5.82 Å². The van der Waals surface area contributed by atoms with Crippen molar-refractivity contribution in [3.63, 3.8) is 0 Å². The van der Waals surface area contributed by atoms with Crippen molar-refractivity contribution in [2.45, 2.75) is 45.1 Å². The third-order valence-corrected chi connectivity index (χ3v) is 4.07. The van der Waals surface area contributed by atoms with Gasteiger partial charge in [-0.2, -0.15) is 0 Å². The van der Waals surface area contributed by atoms with Gasteiger partial charge in [-0.25, -0.2) is 4.98 Å². The lowest BCUT2D eigenvalue weighted by Crippen LogP contribution is -2.45. The van der Waals surface area contributed by atoms with E-state index < -0.39 is 5.60 Å². The van der Waals surface area contributed by atoms with Gasteiger partial charge in [0.05, 0.1) is 5.60 Å². The van der Waals surface area contributed by atoms with Crippen molar-refractivity contribution in [1.82, 2.24) is 9.88 Å².